The van der Waals surface area contributed by atoms with Gasteiger partial charge in [-0.1, -0.05) is 0 Å². The molecule has 14 heteroatoms. The number of aliphatic hydroxyl groups is 5. The second kappa shape index (κ2) is 11.3. The van der Waals surface area contributed by atoms with E-state index in [0.717, 1.165) is 20.8 Å². The van der Waals surface area contributed by atoms with Crippen LogP contribution in [0.3, 0.4) is 0 Å². The molecule has 0 saturated carbocycles. The third-order valence-corrected chi connectivity index (χ3v) is 4.77. The molecule has 0 amide bonds. The Morgan fingerprint density at radius 3 is 1.75 bits per heavy atom. The van der Waals surface area contributed by atoms with Gasteiger partial charge in [0.25, 0.3) is 0 Å². The molecule has 0 aliphatic carbocycles. The standard InChI is InChI=1S/C18H28O14/c1-6(19)27-4-9-11(22)13(24)15(26)17(31-9)28-5-10-12(23)14(25)16(29-7(2)20)18(32-10)30-8(3)21/h9-18,22-26H,4-5H2,1-3H3/t9?,10?,11-,12+,13-,14?,15?,16-,17-,18?/m0/s1. The van der Waals surface area contributed by atoms with Crippen molar-refractivity contribution in [2.75, 3.05) is 13.2 Å². The number of esters is 3. The molecule has 2 aliphatic heterocycles. The summed E-state index contributed by atoms with van der Waals surface area (Å²) in [5.41, 5.74) is 0. The average Bonchev–Trinajstić information content (AvgIpc) is 2.70. The summed E-state index contributed by atoms with van der Waals surface area (Å²) in [5.74, 6) is -2.29. The molecule has 2 aliphatic rings. The molecule has 32 heavy (non-hydrogen) atoms. The molecule has 0 aromatic heterocycles. The number of rotatable bonds is 7. The molecule has 2 fully saturated rings. The summed E-state index contributed by atoms with van der Waals surface area (Å²) in [7, 11) is 0. The Balaban J connectivity index is 2.06. The van der Waals surface area contributed by atoms with Crippen LogP contribution in [0.5, 0.6) is 0 Å². The molecule has 0 bridgehead atoms. The van der Waals surface area contributed by atoms with E-state index in [-0.39, 0.29) is 0 Å². The van der Waals surface area contributed by atoms with Crippen molar-refractivity contribution in [1.29, 1.82) is 0 Å². The second-order valence-electron chi connectivity index (χ2n) is 7.36. The van der Waals surface area contributed by atoms with Crippen LogP contribution in [-0.2, 0) is 42.8 Å². The van der Waals surface area contributed by atoms with Crippen LogP contribution in [0, 0.1) is 0 Å². The largest absolute Gasteiger partial charge is 0.463 e. The highest BCUT2D eigenvalue weighted by molar-refractivity contribution is 5.67. The third kappa shape index (κ3) is 6.55. The first-order valence-electron chi connectivity index (χ1n) is 9.73. The van der Waals surface area contributed by atoms with Crippen molar-refractivity contribution in [3.63, 3.8) is 0 Å². The monoisotopic (exact) mass is 468 g/mol. The van der Waals surface area contributed by atoms with E-state index in [1.807, 2.05) is 0 Å². The van der Waals surface area contributed by atoms with Crippen LogP contribution < -0.4 is 0 Å². The number of hydrogen-bond acceptors (Lipinski definition) is 14. The molecule has 14 nitrogen and oxygen atoms in total. The minimum absolute atomic E-state index is 0.431. The van der Waals surface area contributed by atoms with Crippen LogP contribution in [0.2, 0.25) is 0 Å². The van der Waals surface area contributed by atoms with Gasteiger partial charge in [-0.15, -0.1) is 0 Å². The summed E-state index contributed by atoms with van der Waals surface area (Å²) in [4.78, 5) is 33.6. The first-order chi connectivity index (χ1) is 14.9. The normalized spacial score (nSPS) is 39.8. The SMILES string of the molecule is CC(=O)OCC1O[C@H](OCC2OC(OC(C)=O)[C@@H](OC(C)=O)C(O)[C@@H]2O)C(O)[C@@H](O)[C@H]1O. The van der Waals surface area contributed by atoms with Crippen molar-refractivity contribution < 1.29 is 68.3 Å². The van der Waals surface area contributed by atoms with Crippen molar-refractivity contribution in [2.24, 2.45) is 0 Å². The van der Waals surface area contributed by atoms with Gasteiger partial charge >= 0.3 is 17.9 Å². The molecule has 0 radical (unpaired) electrons. The number of aliphatic hydroxyl groups excluding tert-OH is 5. The summed E-state index contributed by atoms with van der Waals surface area (Å²) >= 11 is 0. The Kier molecular flexibility index (Phi) is 9.29. The van der Waals surface area contributed by atoms with Crippen molar-refractivity contribution in [1.82, 2.24) is 0 Å². The van der Waals surface area contributed by atoms with E-state index in [1.54, 1.807) is 0 Å². The van der Waals surface area contributed by atoms with Crippen LogP contribution in [0.1, 0.15) is 20.8 Å². The van der Waals surface area contributed by atoms with E-state index >= 15 is 0 Å². The van der Waals surface area contributed by atoms with Gasteiger partial charge in [0, 0.05) is 20.8 Å². The molecule has 0 aromatic carbocycles. The number of ether oxygens (including phenoxy) is 6. The summed E-state index contributed by atoms with van der Waals surface area (Å²) in [6, 6.07) is 0. The lowest BCUT2D eigenvalue weighted by molar-refractivity contribution is -0.327. The van der Waals surface area contributed by atoms with E-state index in [9.17, 15) is 39.9 Å². The zero-order valence-corrected chi connectivity index (χ0v) is 17.6. The zero-order valence-electron chi connectivity index (χ0n) is 17.6. The first-order valence-corrected chi connectivity index (χ1v) is 9.73. The fraction of sp³-hybridized carbons (Fsp3) is 0.833. The summed E-state index contributed by atoms with van der Waals surface area (Å²) in [5, 5.41) is 50.7. The molecular weight excluding hydrogens is 440 g/mol. The van der Waals surface area contributed by atoms with Gasteiger partial charge < -0.3 is 54.0 Å². The lowest BCUT2D eigenvalue weighted by Gasteiger charge is -2.43. The lowest BCUT2D eigenvalue weighted by atomic mass is 9.98. The molecule has 2 heterocycles. The minimum atomic E-state index is -1.72. The molecule has 10 atom stereocenters. The molecule has 2 saturated heterocycles. The first kappa shape index (κ1) is 26.3. The topological polar surface area (TPSA) is 208 Å². The summed E-state index contributed by atoms with van der Waals surface area (Å²) in [6.45, 7) is 2.25. The maximum absolute atomic E-state index is 11.3. The van der Waals surface area contributed by atoms with Gasteiger partial charge in [-0.25, -0.2) is 0 Å². The Morgan fingerprint density at radius 2 is 1.19 bits per heavy atom. The van der Waals surface area contributed by atoms with E-state index in [1.165, 1.54) is 0 Å². The maximum Gasteiger partial charge on any atom is 0.305 e. The average molecular weight is 468 g/mol. The minimum Gasteiger partial charge on any atom is -0.463 e. The van der Waals surface area contributed by atoms with Gasteiger partial charge in [0.2, 0.25) is 6.29 Å². The highest BCUT2D eigenvalue weighted by Crippen LogP contribution is 2.27. The smallest absolute Gasteiger partial charge is 0.305 e. The van der Waals surface area contributed by atoms with Gasteiger partial charge in [-0.05, 0) is 0 Å². The molecule has 2 rings (SSSR count). The van der Waals surface area contributed by atoms with Crippen LogP contribution in [0.25, 0.3) is 0 Å². The van der Waals surface area contributed by atoms with Crippen molar-refractivity contribution in [2.45, 2.75) is 82.2 Å². The third-order valence-electron chi connectivity index (χ3n) is 4.77. The van der Waals surface area contributed by atoms with Gasteiger partial charge in [0.1, 0.15) is 49.3 Å². The van der Waals surface area contributed by atoms with E-state index in [2.05, 4.69) is 0 Å². The van der Waals surface area contributed by atoms with E-state index in [0.29, 0.717) is 0 Å². The molecule has 5 N–H and O–H groups in total. The molecule has 184 valence electrons. The molecular formula is C18H28O14. The highest BCUT2D eigenvalue weighted by Gasteiger charge is 2.50. The highest BCUT2D eigenvalue weighted by atomic mass is 16.7. The second-order valence-corrected chi connectivity index (χ2v) is 7.36. The van der Waals surface area contributed by atoms with Crippen LogP contribution in [-0.4, -0.2) is 118 Å². The van der Waals surface area contributed by atoms with Gasteiger partial charge in [0.05, 0.1) is 6.61 Å². The van der Waals surface area contributed by atoms with Crippen molar-refractivity contribution in [3.8, 4) is 0 Å². The van der Waals surface area contributed by atoms with Gasteiger partial charge in [-0.3, -0.25) is 14.4 Å². The fourth-order valence-electron chi connectivity index (χ4n) is 3.20. The van der Waals surface area contributed by atoms with Crippen LogP contribution in [0.4, 0.5) is 0 Å². The number of hydrogen-bond donors (Lipinski definition) is 5. The van der Waals surface area contributed by atoms with E-state index in [4.69, 9.17) is 28.4 Å². The Bertz CT molecular complexity index is 670. The van der Waals surface area contributed by atoms with Crippen LogP contribution >= 0.6 is 0 Å². The Labute approximate surface area is 182 Å². The van der Waals surface area contributed by atoms with Crippen LogP contribution in [0.15, 0.2) is 0 Å². The van der Waals surface area contributed by atoms with Gasteiger partial charge in [-0.2, -0.15) is 0 Å². The molecule has 5 unspecified atom stereocenters. The zero-order chi connectivity index (χ0) is 24.2. The number of carbonyl (C=O) groups excluding carboxylic acids is 3. The maximum atomic E-state index is 11.3. The Hall–Kier alpha value is -1.91. The Morgan fingerprint density at radius 1 is 0.656 bits per heavy atom. The predicted molar refractivity (Wildman–Crippen MR) is 97.3 cm³/mol. The van der Waals surface area contributed by atoms with E-state index < -0.39 is 92.5 Å². The quantitative estimate of drug-likeness (QED) is 0.180. The fourth-order valence-corrected chi connectivity index (χ4v) is 3.20. The van der Waals surface area contributed by atoms with Gasteiger partial charge in [0.15, 0.2) is 12.4 Å². The number of carbonyl (C=O) groups is 3. The molecule has 0 spiro atoms. The molecule has 0 aromatic rings. The predicted octanol–water partition coefficient (Wildman–Crippen LogP) is -3.68. The van der Waals surface area contributed by atoms with Crippen molar-refractivity contribution in [3.05, 3.63) is 0 Å². The summed E-state index contributed by atoms with van der Waals surface area (Å²) in [6.07, 6.45) is -15.6. The lowest BCUT2D eigenvalue weighted by Crippen LogP contribution is -2.62. The van der Waals surface area contributed by atoms with Crippen molar-refractivity contribution >= 4 is 17.9 Å². The summed E-state index contributed by atoms with van der Waals surface area (Å²) < 4.78 is 30.6.